The van der Waals surface area contributed by atoms with Gasteiger partial charge in [0.1, 0.15) is 17.6 Å². The lowest BCUT2D eigenvalue weighted by Gasteiger charge is -2.26. The molecule has 0 aliphatic rings. The second kappa shape index (κ2) is 16.1. The van der Waals surface area contributed by atoms with Gasteiger partial charge in [-0.05, 0) is 55.2 Å². The number of carbonyl (C=O) groups is 3. The van der Waals surface area contributed by atoms with E-state index in [1.165, 1.54) is 26.3 Å². The van der Waals surface area contributed by atoms with Crippen molar-refractivity contribution in [2.75, 3.05) is 28.1 Å². The first-order valence-electron chi connectivity index (χ1n) is 13.9. The van der Waals surface area contributed by atoms with Crippen molar-refractivity contribution in [1.29, 1.82) is 0 Å². The van der Waals surface area contributed by atoms with Gasteiger partial charge in [-0.3, -0.25) is 14.4 Å². The predicted octanol–water partition coefficient (Wildman–Crippen LogP) is 5.25. The summed E-state index contributed by atoms with van der Waals surface area (Å²) in [6.07, 6.45) is 2.02. The van der Waals surface area contributed by atoms with Gasteiger partial charge in [-0.15, -0.1) is 0 Å². The van der Waals surface area contributed by atoms with Crippen LogP contribution in [0.3, 0.4) is 0 Å². The molecule has 230 valence electrons. The van der Waals surface area contributed by atoms with Crippen molar-refractivity contribution in [2.45, 2.75) is 46.1 Å². The Kier molecular flexibility index (Phi) is 12.4. The first kappa shape index (κ1) is 32.9. The molecule has 2 aromatic carbocycles. The normalized spacial score (nSPS) is 12.2. The van der Waals surface area contributed by atoms with Crippen LogP contribution in [0.15, 0.2) is 60.8 Å². The molecule has 0 saturated heterocycles. The van der Waals surface area contributed by atoms with Gasteiger partial charge in [0.25, 0.3) is 0 Å². The Hall–Kier alpha value is -4.60. The SMILES string of the molecule is COc1cccc(CC(Cc2cccc(OC)c2)[C@H](C)OC(=O)[C@H](C)CC(=O)c2nccc(OC)c2OCOC(C)=O)c1. The van der Waals surface area contributed by atoms with Crippen LogP contribution in [0.1, 0.15) is 48.8 Å². The summed E-state index contributed by atoms with van der Waals surface area (Å²) in [7, 11) is 4.66. The molecule has 0 amide bonds. The van der Waals surface area contributed by atoms with Gasteiger partial charge in [-0.25, -0.2) is 4.98 Å². The summed E-state index contributed by atoms with van der Waals surface area (Å²) in [4.78, 5) is 41.8. The fourth-order valence-corrected chi connectivity index (χ4v) is 4.56. The lowest BCUT2D eigenvalue weighted by molar-refractivity contribution is -0.155. The number of aromatic nitrogens is 1. The Morgan fingerprint density at radius 2 is 1.44 bits per heavy atom. The molecular weight excluding hydrogens is 554 g/mol. The van der Waals surface area contributed by atoms with E-state index in [1.807, 2.05) is 55.5 Å². The average Bonchev–Trinajstić information content (AvgIpc) is 3.00. The number of ether oxygens (including phenoxy) is 6. The minimum Gasteiger partial charge on any atom is -0.497 e. The third-order valence-electron chi connectivity index (χ3n) is 6.94. The van der Waals surface area contributed by atoms with E-state index >= 15 is 0 Å². The zero-order valence-corrected chi connectivity index (χ0v) is 25.5. The third kappa shape index (κ3) is 9.73. The molecule has 3 rings (SSSR count). The van der Waals surface area contributed by atoms with Crippen LogP contribution in [0.5, 0.6) is 23.0 Å². The molecule has 1 aromatic heterocycles. The van der Waals surface area contributed by atoms with E-state index in [4.69, 9.17) is 28.4 Å². The Bertz CT molecular complexity index is 1340. The van der Waals surface area contributed by atoms with Gasteiger partial charge >= 0.3 is 11.9 Å². The van der Waals surface area contributed by atoms with E-state index in [9.17, 15) is 14.4 Å². The second-order valence-electron chi connectivity index (χ2n) is 10.1. The number of hydrogen-bond donors (Lipinski definition) is 0. The highest BCUT2D eigenvalue weighted by Gasteiger charge is 2.28. The van der Waals surface area contributed by atoms with E-state index in [0.717, 1.165) is 22.6 Å². The van der Waals surface area contributed by atoms with Crippen LogP contribution in [-0.2, 0) is 31.9 Å². The molecule has 2 atom stereocenters. The number of methoxy groups -OCH3 is 3. The van der Waals surface area contributed by atoms with Crippen LogP contribution in [-0.4, -0.2) is 56.9 Å². The minimum atomic E-state index is -0.765. The molecule has 0 N–H and O–H groups in total. The van der Waals surface area contributed by atoms with E-state index in [1.54, 1.807) is 21.1 Å². The number of hydrogen-bond acceptors (Lipinski definition) is 10. The second-order valence-corrected chi connectivity index (χ2v) is 10.1. The van der Waals surface area contributed by atoms with Crippen LogP contribution in [0.25, 0.3) is 0 Å². The maximum absolute atomic E-state index is 13.2. The Labute approximate surface area is 252 Å². The smallest absolute Gasteiger partial charge is 0.309 e. The van der Waals surface area contributed by atoms with Crippen molar-refractivity contribution in [2.24, 2.45) is 11.8 Å². The fourth-order valence-electron chi connectivity index (χ4n) is 4.56. The minimum absolute atomic E-state index is 0.0295. The van der Waals surface area contributed by atoms with Gasteiger partial charge in [-0.2, -0.15) is 0 Å². The number of ketones is 1. The van der Waals surface area contributed by atoms with Crippen molar-refractivity contribution in [3.8, 4) is 23.0 Å². The standard InChI is InChI=1S/C33H39NO9/c1-21(15-29(36)31-32(42-20-41-23(3)35)30(40-6)13-14-34-31)33(37)43-22(2)26(16-24-9-7-11-27(18-24)38-4)17-25-10-8-12-28(19-25)39-5/h7-14,18-19,21-22,26H,15-17,20H2,1-6H3/t21-,22+/m1/s1. The molecule has 0 unspecified atom stereocenters. The number of rotatable bonds is 16. The van der Waals surface area contributed by atoms with Crippen molar-refractivity contribution in [3.63, 3.8) is 0 Å². The molecule has 0 aliphatic heterocycles. The lowest BCUT2D eigenvalue weighted by atomic mass is 9.88. The van der Waals surface area contributed by atoms with Gasteiger partial charge in [0.15, 0.2) is 23.0 Å². The largest absolute Gasteiger partial charge is 0.497 e. The topological polar surface area (TPSA) is 119 Å². The molecule has 0 spiro atoms. The highest BCUT2D eigenvalue weighted by atomic mass is 16.7. The van der Waals surface area contributed by atoms with Gasteiger partial charge < -0.3 is 28.4 Å². The number of carbonyl (C=O) groups excluding carboxylic acids is 3. The highest BCUT2D eigenvalue weighted by Crippen LogP contribution is 2.31. The first-order valence-corrected chi connectivity index (χ1v) is 13.9. The van der Waals surface area contributed by atoms with Gasteiger partial charge in [0.2, 0.25) is 6.79 Å². The quantitative estimate of drug-likeness (QED) is 0.124. The number of nitrogens with zero attached hydrogens (tertiary/aromatic N) is 1. The summed E-state index contributed by atoms with van der Waals surface area (Å²) in [6.45, 7) is 4.31. The summed E-state index contributed by atoms with van der Waals surface area (Å²) >= 11 is 0. The molecular formula is C33H39NO9. The first-order chi connectivity index (χ1) is 20.6. The Morgan fingerprint density at radius 1 is 0.837 bits per heavy atom. The van der Waals surface area contributed by atoms with E-state index in [2.05, 4.69) is 4.98 Å². The molecule has 0 saturated carbocycles. The predicted molar refractivity (Wildman–Crippen MR) is 159 cm³/mol. The van der Waals surface area contributed by atoms with Crippen molar-refractivity contribution >= 4 is 17.7 Å². The summed E-state index contributed by atoms with van der Waals surface area (Å²) < 4.78 is 32.3. The highest BCUT2D eigenvalue weighted by molar-refractivity contribution is 5.99. The molecule has 0 aliphatic carbocycles. The van der Waals surface area contributed by atoms with Crippen LogP contribution >= 0.6 is 0 Å². The lowest BCUT2D eigenvalue weighted by Crippen LogP contribution is -2.30. The monoisotopic (exact) mass is 593 g/mol. The summed E-state index contributed by atoms with van der Waals surface area (Å²) in [5.41, 5.74) is 2.06. The number of esters is 2. The van der Waals surface area contributed by atoms with Crippen LogP contribution in [0.4, 0.5) is 0 Å². The average molecular weight is 594 g/mol. The van der Waals surface area contributed by atoms with Gasteiger partial charge in [-0.1, -0.05) is 31.2 Å². The molecule has 0 bridgehead atoms. The Balaban J connectivity index is 1.74. The van der Waals surface area contributed by atoms with Gasteiger partial charge in [0.05, 0.1) is 27.2 Å². The molecule has 43 heavy (non-hydrogen) atoms. The van der Waals surface area contributed by atoms with Crippen LogP contribution < -0.4 is 18.9 Å². The number of benzene rings is 2. The summed E-state index contributed by atoms with van der Waals surface area (Å²) in [5, 5.41) is 0. The molecule has 1 heterocycles. The molecule has 3 aromatic rings. The molecule has 0 fully saturated rings. The van der Waals surface area contributed by atoms with Crippen molar-refractivity contribution in [1.82, 2.24) is 4.98 Å². The molecule has 0 radical (unpaired) electrons. The maximum Gasteiger partial charge on any atom is 0.309 e. The third-order valence-corrected chi connectivity index (χ3v) is 6.94. The van der Waals surface area contributed by atoms with Crippen molar-refractivity contribution < 1.29 is 42.8 Å². The summed E-state index contributed by atoms with van der Waals surface area (Å²) in [6, 6.07) is 17.1. The van der Waals surface area contributed by atoms with Gasteiger partial charge in [0, 0.05) is 31.5 Å². The van der Waals surface area contributed by atoms with Crippen LogP contribution in [0, 0.1) is 11.8 Å². The zero-order chi connectivity index (χ0) is 31.4. The van der Waals surface area contributed by atoms with Crippen LogP contribution in [0.2, 0.25) is 0 Å². The summed E-state index contributed by atoms with van der Waals surface area (Å²) in [5.74, 6) is -0.573. The van der Waals surface area contributed by atoms with E-state index in [-0.39, 0.29) is 29.5 Å². The number of pyridine rings is 1. The molecule has 10 nitrogen and oxygen atoms in total. The van der Waals surface area contributed by atoms with E-state index in [0.29, 0.717) is 12.8 Å². The zero-order valence-electron chi connectivity index (χ0n) is 25.5. The maximum atomic E-state index is 13.2. The van der Waals surface area contributed by atoms with Crippen molar-refractivity contribution in [3.05, 3.63) is 77.6 Å². The molecule has 10 heteroatoms. The Morgan fingerprint density at radius 3 is 1.98 bits per heavy atom. The number of Topliss-reactive ketones (excluding diaryl/α,β-unsaturated/α-hetero) is 1. The fraction of sp³-hybridized carbons (Fsp3) is 0.394. The van der Waals surface area contributed by atoms with E-state index < -0.39 is 36.5 Å².